The van der Waals surface area contributed by atoms with Crippen LogP contribution in [0.15, 0.2) is 30.3 Å². The fourth-order valence-electron chi connectivity index (χ4n) is 3.04. The predicted octanol–water partition coefficient (Wildman–Crippen LogP) is 3.43. The van der Waals surface area contributed by atoms with Crippen molar-refractivity contribution in [1.82, 2.24) is 0 Å². The maximum atomic E-state index is 12.8. The molecule has 3 rings (SSSR count). The van der Waals surface area contributed by atoms with Gasteiger partial charge in [0.05, 0.1) is 34.9 Å². The lowest BCUT2D eigenvalue weighted by molar-refractivity contribution is 0.0832. The van der Waals surface area contributed by atoms with Gasteiger partial charge < -0.3 is 23.7 Å². The number of hydrogen-bond acceptors (Lipinski definition) is 6. The van der Waals surface area contributed by atoms with Gasteiger partial charge in [-0.05, 0) is 6.07 Å². The minimum atomic E-state index is -0.484. The normalized spacial score (nSPS) is 15.8. The number of hydrogen-bond donors (Lipinski definition) is 0. The lowest BCUT2D eigenvalue weighted by Crippen LogP contribution is -2.22. The van der Waals surface area contributed by atoms with Crippen LogP contribution in [0.4, 0.5) is 0 Å². The molecule has 6 heteroatoms. The van der Waals surface area contributed by atoms with Crippen molar-refractivity contribution < 1.29 is 28.5 Å². The van der Waals surface area contributed by atoms with E-state index in [1.165, 1.54) is 21.3 Å². The molecule has 1 heterocycles. The van der Waals surface area contributed by atoms with Crippen molar-refractivity contribution in [1.29, 1.82) is 0 Å². The maximum absolute atomic E-state index is 12.8. The third-order valence-corrected chi connectivity index (χ3v) is 4.21. The molecule has 1 aliphatic rings. The Morgan fingerprint density at radius 2 is 1.60 bits per heavy atom. The summed E-state index contributed by atoms with van der Waals surface area (Å²) in [6, 6.07) is 9.09. The van der Waals surface area contributed by atoms with Gasteiger partial charge in [-0.2, -0.15) is 0 Å². The van der Waals surface area contributed by atoms with Crippen molar-refractivity contribution in [3.63, 3.8) is 0 Å². The summed E-state index contributed by atoms with van der Waals surface area (Å²) in [5, 5.41) is 0. The van der Waals surface area contributed by atoms with Crippen molar-refractivity contribution >= 4 is 5.78 Å². The molecule has 2 aromatic carbocycles. The van der Waals surface area contributed by atoms with Gasteiger partial charge >= 0.3 is 0 Å². The maximum Gasteiger partial charge on any atom is 0.204 e. The zero-order valence-corrected chi connectivity index (χ0v) is 14.6. The van der Waals surface area contributed by atoms with Crippen molar-refractivity contribution in [2.75, 3.05) is 28.4 Å². The minimum absolute atomic E-state index is 0.0880. The largest absolute Gasteiger partial charge is 0.496 e. The van der Waals surface area contributed by atoms with E-state index in [0.29, 0.717) is 34.3 Å². The van der Waals surface area contributed by atoms with E-state index in [4.69, 9.17) is 23.7 Å². The first kappa shape index (κ1) is 17.0. The van der Waals surface area contributed by atoms with Gasteiger partial charge in [-0.1, -0.05) is 18.2 Å². The number of methoxy groups -OCH3 is 4. The molecule has 0 fully saturated rings. The van der Waals surface area contributed by atoms with Gasteiger partial charge in [0.2, 0.25) is 5.75 Å². The van der Waals surface area contributed by atoms with Crippen LogP contribution in [-0.2, 0) is 0 Å². The van der Waals surface area contributed by atoms with Crippen LogP contribution in [0.5, 0.6) is 28.7 Å². The standard InChI is InChI=1S/C19H20O6/c1-21-13-8-6-5-7-11(13)14-9-12(20)17-15(22-2)10-16(23-3)18(24-4)19(17)25-14/h5-8,10,14H,9H2,1-4H3/t14-/m1/s1. The van der Waals surface area contributed by atoms with E-state index in [0.717, 1.165) is 5.56 Å². The Bertz CT molecular complexity index is 799. The molecule has 6 nitrogen and oxygen atoms in total. The predicted molar refractivity (Wildman–Crippen MR) is 91.4 cm³/mol. The van der Waals surface area contributed by atoms with Gasteiger partial charge in [0.1, 0.15) is 23.2 Å². The van der Waals surface area contributed by atoms with Crippen LogP contribution in [0.3, 0.4) is 0 Å². The highest BCUT2D eigenvalue weighted by Gasteiger charge is 2.36. The summed E-state index contributed by atoms with van der Waals surface area (Å²) < 4.78 is 27.7. The van der Waals surface area contributed by atoms with Crippen LogP contribution in [0.1, 0.15) is 28.4 Å². The molecule has 0 unspecified atom stereocenters. The zero-order valence-electron chi connectivity index (χ0n) is 14.6. The molecule has 132 valence electrons. The molecule has 0 saturated heterocycles. The first-order valence-corrected chi connectivity index (χ1v) is 7.80. The van der Waals surface area contributed by atoms with Gasteiger partial charge in [0, 0.05) is 11.6 Å². The number of fused-ring (bicyclic) bond motifs is 1. The molecular formula is C19H20O6. The smallest absolute Gasteiger partial charge is 0.204 e. The van der Waals surface area contributed by atoms with E-state index in [1.54, 1.807) is 13.2 Å². The highest BCUT2D eigenvalue weighted by atomic mass is 16.5. The summed E-state index contributed by atoms with van der Waals surface area (Å²) in [7, 11) is 6.11. The summed E-state index contributed by atoms with van der Waals surface area (Å²) in [5.74, 6) is 2.10. The van der Waals surface area contributed by atoms with Crippen LogP contribution < -0.4 is 23.7 Å². The summed E-state index contributed by atoms with van der Waals surface area (Å²) >= 11 is 0. The summed E-state index contributed by atoms with van der Waals surface area (Å²) in [4.78, 5) is 12.8. The highest BCUT2D eigenvalue weighted by Crippen LogP contribution is 2.50. The quantitative estimate of drug-likeness (QED) is 0.828. The number of carbonyl (C=O) groups is 1. The molecule has 0 spiro atoms. The second-order valence-electron chi connectivity index (χ2n) is 5.49. The van der Waals surface area contributed by atoms with E-state index in [-0.39, 0.29) is 12.2 Å². The summed E-state index contributed by atoms with van der Waals surface area (Å²) in [5.41, 5.74) is 1.17. The minimum Gasteiger partial charge on any atom is -0.496 e. The molecule has 1 aliphatic heterocycles. The fraction of sp³-hybridized carbons (Fsp3) is 0.316. The molecule has 0 N–H and O–H groups in total. The number of Topliss-reactive ketones (excluding diaryl/α,β-unsaturated/α-hetero) is 1. The van der Waals surface area contributed by atoms with Crippen LogP contribution in [-0.4, -0.2) is 34.2 Å². The molecule has 0 amide bonds. The fourth-order valence-corrected chi connectivity index (χ4v) is 3.04. The van der Waals surface area contributed by atoms with Gasteiger partial charge in [-0.15, -0.1) is 0 Å². The van der Waals surface area contributed by atoms with Crippen LogP contribution in [0.2, 0.25) is 0 Å². The number of benzene rings is 2. The van der Waals surface area contributed by atoms with Gasteiger partial charge in [-0.25, -0.2) is 0 Å². The summed E-state index contributed by atoms with van der Waals surface area (Å²) in [6.07, 6.45) is -0.305. The molecule has 0 saturated carbocycles. The van der Waals surface area contributed by atoms with Crippen LogP contribution in [0.25, 0.3) is 0 Å². The Kier molecular flexibility index (Phi) is 4.70. The number of carbonyl (C=O) groups excluding carboxylic acids is 1. The van der Waals surface area contributed by atoms with Crippen molar-refractivity contribution in [3.8, 4) is 28.7 Å². The molecule has 0 aliphatic carbocycles. The Morgan fingerprint density at radius 1 is 0.920 bits per heavy atom. The Morgan fingerprint density at radius 3 is 2.24 bits per heavy atom. The first-order chi connectivity index (χ1) is 12.1. The molecule has 0 aromatic heterocycles. The van der Waals surface area contributed by atoms with Gasteiger partial charge in [0.15, 0.2) is 17.3 Å². The third kappa shape index (κ3) is 2.84. The molecule has 0 bridgehead atoms. The van der Waals surface area contributed by atoms with E-state index >= 15 is 0 Å². The lowest BCUT2D eigenvalue weighted by Gasteiger charge is -2.29. The lowest BCUT2D eigenvalue weighted by atomic mass is 9.94. The molecule has 0 radical (unpaired) electrons. The van der Waals surface area contributed by atoms with Gasteiger partial charge in [-0.3, -0.25) is 4.79 Å². The topological polar surface area (TPSA) is 63.2 Å². The molecule has 25 heavy (non-hydrogen) atoms. The molecule has 2 aromatic rings. The number of rotatable bonds is 5. The zero-order chi connectivity index (χ0) is 18.0. The second-order valence-corrected chi connectivity index (χ2v) is 5.49. The third-order valence-electron chi connectivity index (χ3n) is 4.21. The highest BCUT2D eigenvalue weighted by molar-refractivity contribution is 6.04. The van der Waals surface area contributed by atoms with Crippen molar-refractivity contribution in [3.05, 3.63) is 41.5 Å². The Balaban J connectivity index is 2.14. The first-order valence-electron chi connectivity index (χ1n) is 7.80. The Hall–Kier alpha value is -2.89. The van der Waals surface area contributed by atoms with E-state index in [9.17, 15) is 4.79 Å². The number of ketones is 1. The number of para-hydroxylation sites is 1. The second kappa shape index (κ2) is 6.93. The molecule has 1 atom stereocenters. The van der Waals surface area contributed by atoms with Crippen LogP contribution in [0, 0.1) is 0 Å². The van der Waals surface area contributed by atoms with E-state index in [2.05, 4.69) is 0 Å². The average Bonchev–Trinajstić information content (AvgIpc) is 2.66. The monoisotopic (exact) mass is 344 g/mol. The van der Waals surface area contributed by atoms with Crippen LogP contribution >= 0.6 is 0 Å². The Labute approximate surface area is 146 Å². The summed E-state index contributed by atoms with van der Waals surface area (Å²) in [6.45, 7) is 0. The number of ether oxygens (including phenoxy) is 5. The molecular weight excluding hydrogens is 324 g/mol. The van der Waals surface area contributed by atoms with Crippen molar-refractivity contribution in [2.24, 2.45) is 0 Å². The van der Waals surface area contributed by atoms with E-state index in [1.807, 2.05) is 24.3 Å². The van der Waals surface area contributed by atoms with Crippen molar-refractivity contribution in [2.45, 2.75) is 12.5 Å². The average molecular weight is 344 g/mol. The SMILES string of the molecule is COc1ccccc1[C@H]1CC(=O)c2c(OC)cc(OC)c(OC)c2O1. The van der Waals surface area contributed by atoms with Gasteiger partial charge in [0.25, 0.3) is 0 Å². The van der Waals surface area contributed by atoms with E-state index < -0.39 is 6.10 Å².